The van der Waals surface area contributed by atoms with Gasteiger partial charge in [-0.3, -0.25) is 10.1 Å². The Morgan fingerprint density at radius 2 is 1.91 bits per heavy atom. The minimum Gasteiger partial charge on any atom is -0.483 e. The third-order valence-corrected chi connectivity index (χ3v) is 3.10. The number of hydrogen-bond acceptors (Lipinski definition) is 5. The normalized spacial score (nSPS) is 10.7. The highest BCUT2D eigenvalue weighted by atomic mass is 31.1. The molecule has 2 aromatic rings. The molecule has 0 fully saturated rings. The molecule has 1 atom stereocenters. The van der Waals surface area contributed by atoms with E-state index in [1.54, 1.807) is 24.3 Å². The van der Waals surface area contributed by atoms with Crippen LogP contribution >= 0.6 is 8.96 Å². The topological polar surface area (TPSA) is 103 Å². The van der Waals surface area contributed by atoms with Gasteiger partial charge in [-0.25, -0.2) is 4.79 Å². The van der Waals surface area contributed by atoms with Crippen LogP contribution in [0.5, 0.6) is 5.75 Å². The molecule has 0 heterocycles. The molecule has 2 aromatic carbocycles. The van der Waals surface area contributed by atoms with E-state index < -0.39 is 12.0 Å². The molecule has 0 aromatic heterocycles. The maximum atomic E-state index is 11.6. The Hall–Kier alpha value is -2.31. The second kappa shape index (κ2) is 7.63. The van der Waals surface area contributed by atoms with E-state index in [2.05, 4.69) is 10.3 Å². The minimum absolute atomic E-state index is 0.220. The van der Waals surface area contributed by atoms with Crippen LogP contribution < -0.4 is 20.8 Å². The predicted octanol–water partition coefficient (Wildman–Crippen LogP) is 1.43. The van der Waals surface area contributed by atoms with Gasteiger partial charge in [-0.15, -0.1) is 0 Å². The van der Waals surface area contributed by atoms with E-state index in [9.17, 15) is 9.59 Å². The van der Waals surface area contributed by atoms with Gasteiger partial charge in [-0.2, -0.15) is 0 Å². The van der Waals surface area contributed by atoms with Crippen LogP contribution in [-0.4, -0.2) is 26.6 Å². The van der Waals surface area contributed by atoms with Crippen LogP contribution in [0.1, 0.15) is 0 Å². The molecule has 0 aliphatic rings. The molecule has 0 aliphatic carbocycles. The fraction of sp³-hybridized carbons (Fsp3) is 0.0769. The van der Waals surface area contributed by atoms with Crippen molar-refractivity contribution in [3.8, 4) is 5.75 Å². The summed E-state index contributed by atoms with van der Waals surface area (Å²) < 4.78 is 10.2. The Balaban J connectivity index is 2.27. The van der Waals surface area contributed by atoms with Crippen LogP contribution in [0.15, 0.2) is 36.4 Å². The summed E-state index contributed by atoms with van der Waals surface area (Å²) in [6.07, 6.45) is -0.632. The van der Waals surface area contributed by atoms with Crippen molar-refractivity contribution in [1.82, 2.24) is 5.00 Å². The summed E-state index contributed by atoms with van der Waals surface area (Å²) in [7, 11) is 4.70. The Kier molecular flexibility index (Phi) is 5.58. The first kappa shape index (κ1) is 16.1. The van der Waals surface area contributed by atoms with Crippen molar-refractivity contribution in [1.29, 1.82) is 0 Å². The zero-order valence-electron chi connectivity index (χ0n) is 11.5. The fourth-order valence-corrected chi connectivity index (χ4v) is 2.08. The van der Waals surface area contributed by atoms with E-state index in [4.69, 9.17) is 23.0 Å². The standard InChI is InChI=1S/C13H13BN3O4P/c14-17-22-21-13(19)16-10-5-1-4-9-8(10)3-2-6-11(9)20-7-12(15)18/h1-6,17,22H,7H2,(H2,15,18)(H,16,19). The third-order valence-electron chi connectivity index (χ3n) is 2.69. The molecule has 2 amide bonds. The number of rotatable bonds is 6. The van der Waals surface area contributed by atoms with Crippen molar-refractivity contribution in [2.45, 2.75) is 0 Å². The number of fused-ring (bicyclic) bond motifs is 1. The van der Waals surface area contributed by atoms with Crippen LogP contribution in [0, 0.1) is 0 Å². The van der Waals surface area contributed by atoms with E-state index in [1.165, 1.54) is 0 Å². The number of carbonyl (C=O) groups excluding carboxylic acids is 2. The van der Waals surface area contributed by atoms with Gasteiger partial charge in [0.1, 0.15) is 14.7 Å². The van der Waals surface area contributed by atoms with Crippen LogP contribution in [0.25, 0.3) is 10.8 Å². The molecule has 7 nitrogen and oxygen atoms in total. The number of nitrogens with one attached hydrogen (secondary N) is 2. The van der Waals surface area contributed by atoms with Gasteiger partial charge in [0.25, 0.3) is 5.91 Å². The summed E-state index contributed by atoms with van der Waals surface area (Å²) in [5.74, 6) is -0.0658. The van der Waals surface area contributed by atoms with Gasteiger partial charge in [0, 0.05) is 10.8 Å². The highest BCUT2D eigenvalue weighted by Crippen LogP contribution is 2.31. The molecular weight excluding hydrogens is 304 g/mol. The molecule has 2 rings (SSSR count). The number of primary amides is 1. The summed E-state index contributed by atoms with van der Waals surface area (Å²) in [6, 6.07) is 10.6. The van der Waals surface area contributed by atoms with Crippen molar-refractivity contribution in [3.05, 3.63) is 36.4 Å². The van der Waals surface area contributed by atoms with E-state index >= 15 is 0 Å². The molecular formula is C13H13BN3O4P. The lowest BCUT2D eigenvalue weighted by Gasteiger charge is -2.12. The molecule has 0 spiro atoms. The highest BCUT2D eigenvalue weighted by molar-refractivity contribution is 7.32. The molecule has 0 saturated carbocycles. The van der Waals surface area contributed by atoms with Crippen molar-refractivity contribution in [3.63, 3.8) is 0 Å². The molecule has 0 saturated heterocycles. The zero-order valence-corrected chi connectivity index (χ0v) is 12.5. The maximum Gasteiger partial charge on any atom is 0.415 e. The van der Waals surface area contributed by atoms with Crippen LogP contribution in [0.2, 0.25) is 0 Å². The summed E-state index contributed by atoms with van der Waals surface area (Å²) in [4.78, 5) is 24.7. The molecule has 2 radical (unpaired) electrons. The Bertz CT molecular complexity index is 698. The van der Waals surface area contributed by atoms with Crippen molar-refractivity contribution >= 4 is 45.4 Å². The van der Waals surface area contributed by atoms with Gasteiger partial charge in [-0.1, -0.05) is 24.3 Å². The van der Waals surface area contributed by atoms with Gasteiger partial charge in [-0.05, 0) is 12.1 Å². The van der Waals surface area contributed by atoms with E-state index in [1.807, 2.05) is 12.1 Å². The van der Waals surface area contributed by atoms with Crippen molar-refractivity contribution < 1.29 is 18.8 Å². The summed E-state index contributed by atoms with van der Waals surface area (Å²) in [5.41, 5.74) is 5.62. The van der Waals surface area contributed by atoms with Crippen LogP contribution in [-0.2, 0) is 9.32 Å². The maximum absolute atomic E-state index is 11.6. The minimum atomic E-state index is -0.632. The SMILES string of the molecule is [B]NPOC(=O)Nc1cccc2c(OCC(N)=O)cccc12. The average Bonchev–Trinajstić information content (AvgIpc) is 2.51. The number of ether oxygens (including phenoxy) is 1. The monoisotopic (exact) mass is 317 g/mol. The molecule has 0 aliphatic heterocycles. The number of benzene rings is 2. The molecule has 0 bridgehead atoms. The second-order valence-corrected chi connectivity index (χ2v) is 4.87. The highest BCUT2D eigenvalue weighted by Gasteiger charge is 2.09. The first-order valence-corrected chi connectivity index (χ1v) is 7.14. The average molecular weight is 317 g/mol. The van der Waals surface area contributed by atoms with Gasteiger partial charge in [0.2, 0.25) is 0 Å². The number of amides is 2. The molecule has 22 heavy (non-hydrogen) atoms. The summed E-state index contributed by atoms with van der Waals surface area (Å²) in [6.45, 7) is -0.220. The number of hydrogen-bond donors (Lipinski definition) is 3. The third kappa shape index (κ3) is 4.10. The van der Waals surface area contributed by atoms with E-state index in [-0.39, 0.29) is 15.6 Å². The van der Waals surface area contributed by atoms with Crippen LogP contribution in [0.4, 0.5) is 10.5 Å². The van der Waals surface area contributed by atoms with Crippen molar-refractivity contribution in [2.75, 3.05) is 11.9 Å². The van der Waals surface area contributed by atoms with E-state index in [0.29, 0.717) is 11.4 Å². The summed E-state index contributed by atoms with van der Waals surface area (Å²) in [5, 5.41) is 4.09. The quantitative estimate of drug-likeness (QED) is 0.552. The fourth-order valence-electron chi connectivity index (χ4n) is 1.88. The second-order valence-electron chi connectivity index (χ2n) is 4.17. The lowest BCUT2D eigenvalue weighted by atomic mass is 10.1. The lowest BCUT2D eigenvalue weighted by molar-refractivity contribution is -0.119. The Morgan fingerprint density at radius 1 is 1.18 bits per heavy atom. The molecule has 4 N–H and O–H groups in total. The zero-order chi connectivity index (χ0) is 15.9. The van der Waals surface area contributed by atoms with Gasteiger partial charge in [0.05, 0.1) is 5.69 Å². The predicted molar refractivity (Wildman–Crippen MR) is 85.9 cm³/mol. The van der Waals surface area contributed by atoms with Gasteiger partial charge in [0.15, 0.2) is 14.6 Å². The number of anilines is 1. The summed E-state index contributed by atoms with van der Waals surface area (Å²) >= 11 is 0. The number of nitrogens with two attached hydrogens (primary N) is 1. The number of carbonyl (C=O) groups is 2. The molecule has 9 heteroatoms. The largest absolute Gasteiger partial charge is 0.483 e. The first-order valence-electron chi connectivity index (χ1n) is 6.23. The Labute approximate surface area is 129 Å². The lowest BCUT2D eigenvalue weighted by Crippen LogP contribution is -2.20. The van der Waals surface area contributed by atoms with Gasteiger partial charge >= 0.3 is 6.09 Å². The van der Waals surface area contributed by atoms with Crippen LogP contribution in [0.3, 0.4) is 0 Å². The van der Waals surface area contributed by atoms with Crippen molar-refractivity contribution in [2.24, 2.45) is 5.73 Å². The van der Waals surface area contributed by atoms with E-state index in [0.717, 1.165) is 10.8 Å². The molecule has 1 unspecified atom stereocenters. The molecule has 112 valence electrons. The first-order chi connectivity index (χ1) is 10.6. The Morgan fingerprint density at radius 3 is 2.64 bits per heavy atom. The smallest absolute Gasteiger partial charge is 0.415 e. The van der Waals surface area contributed by atoms with Gasteiger partial charge < -0.3 is 20.0 Å².